The highest BCUT2D eigenvalue weighted by molar-refractivity contribution is 6.01. The normalized spacial score (nSPS) is 17.1. The van der Waals surface area contributed by atoms with Crippen LogP contribution >= 0.6 is 0 Å². The zero-order valence-corrected chi connectivity index (χ0v) is 21.1. The number of likely N-dealkylation sites (tertiary alicyclic amines) is 1. The Morgan fingerprint density at radius 2 is 1.63 bits per heavy atom. The van der Waals surface area contributed by atoms with Crippen LogP contribution in [0.3, 0.4) is 0 Å². The molecule has 194 valence electrons. The van der Waals surface area contributed by atoms with Crippen LogP contribution in [0.1, 0.15) is 75.2 Å². The molecule has 35 heavy (non-hydrogen) atoms. The molecule has 1 amide bonds. The number of carbonyl (C=O) groups excluding carboxylic acids is 1. The van der Waals surface area contributed by atoms with E-state index < -0.39 is 34.6 Å². The Morgan fingerprint density at radius 1 is 1.03 bits per heavy atom. The number of benzene rings is 2. The Morgan fingerprint density at radius 3 is 2.17 bits per heavy atom. The zero-order valence-electron chi connectivity index (χ0n) is 21.1. The van der Waals surface area contributed by atoms with Gasteiger partial charge in [-0.3, -0.25) is 4.79 Å². The predicted octanol–water partition coefficient (Wildman–Crippen LogP) is 6.06. The molecule has 2 fully saturated rings. The van der Waals surface area contributed by atoms with Crippen molar-refractivity contribution < 1.29 is 23.1 Å². The number of hydrogen-bond donors (Lipinski definition) is 3. The molecule has 0 atom stereocenters. The highest BCUT2D eigenvalue weighted by atomic mass is 19.2. The number of carbonyl (C=O) groups is 1. The van der Waals surface area contributed by atoms with Crippen LogP contribution in [0.4, 0.5) is 24.5 Å². The first kappa shape index (κ1) is 28.7. The van der Waals surface area contributed by atoms with E-state index in [9.17, 15) is 23.1 Å². The molecule has 1 aliphatic carbocycles. The topological polar surface area (TPSA) is 78.6 Å². The van der Waals surface area contributed by atoms with Crippen molar-refractivity contribution >= 4 is 17.3 Å². The average Bonchev–Trinajstić information content (AvgIpc) is 3.05. The van der Waals surface area contributed by atoms with E-state index in [2.05, 4.69) is 5.32 Å². The van der Waals surface area contributed by atoms with E-state index in [-0.39, 0.29) is 24.3 Å². The lowest BCUT2D eigenvalue weighted by Gasteiger charge is -2.44. The largest absolute Gasteiger partial charge is 0.386 e. The highest BCUT2D eigenvalue weighted by Gasteiger charge is 2.40. The molecule has 4 rings (SSSR count). The molecule has 1 aliphatic heterocycles. The van der Waals surface area contributed by atoms with Crippen LogP contribution in [0.15, 0.2) is 30.3 Å². The maximum Gasteiger partial charge on any atom is 0.256 e. The number of rotatable bonds is 3. The van der Waals surface area contributed by atoms with Crippen LogP contribution in [0, 0.1) is 24.4 Å². The van der Waals surface area contributed by atoms with Crippen LogP contribution in [-0.4, -0.2) is 40.6 Å². The first-order chi connectivity index (χ1) is 16.6. The molecule has 0 bridgehead atoms. The van der Waals surface area contributed by atoms with E-state index in [1.54, 1.807) is 19.9 Å². The summed E-state index contributed by atoms with van der Waals surface area (Å²) in [6.45, 7) is 7.44. The summed E-state index contributed by atoms with van der Waals surface area (Å²) >= 11 is 0. The van der Waals surface area contributed by atoms with E-state index >= 15 is 0 Å². The summed E-state index contributed by atoms with van der Waals surface area (Å²) in [6, 6.07) is 6.75. The van der Waals surface area contributed by atoms with Gasteiger partial charge in [0.15, 0.2) is 11.6 Å². The molecular formula is C27H38F3N3O2. The standard InChI is InChI=1S/C18H17F3N2O2.C7H15N.C2H6/c1-10-3-6-14(13(20)7-10)22-16-11(4-5-12(19)15(16)21)17(24)23-8-18(2,25)9-23;8-7-5-3-1-2-4-6-7;1-2/h3-7,22,25H,8-9H2,1-2H3;7H,1-6,8H2;1-2H3. The third-order valence-electron chi connectivity index (χ3n) is 5.96. The lowest BCUT2D eigenvalue weighted by atomic mass is 9.95. The fourth-order valence-electron chi connectivity index (χ4n) is 4.11. The number of hydrogen-bond acceptors (Lipinski definition) is 4. The Hall–Kier alpha value is -2.58. The Bertz CT molecular complexity index is 982. The van der Waals surface area contributed by atoms with Gasteiger partial charge in [0, 0.05) is 6.04 Å². The molecule has 2 aromatic rings. The van der Waals surface area contributed by atoms with Gasteiger partial charge in [0.2, 0.25) is 0 Å². The number of nitrogens with zero attached hydrogens (tertiary/aromatic N) is 1. The maximum absolute atomic E-state index is 14.3. The van der Waals surface area contributed by atoms with Crippen molar-refractivity contribution in [3.63, 3.8) is 0 Å². The molecule has 2 aliphatic rings. The minimum absolute atomic E-state index is 0.0697. The number of amides is 1. The SMILES string of the molecule is CC.Cc1ccc(Nc2c(C(=O)N3CC(C)(O)C3)ccc(F)c2F)c(F)c1.NC1CCCCCC1. The first-order valence-corrected chi connectivity index (χ1v) is 12.4. The van der Waals surface area contributed by atoms with E-state index in [0.29, 0.717) is 11.6 Å². The lowest BCUT2D eigenvalue weighted by Crippen LogP contribution is -2.61. The van der Waals surface area contributed by atoms with Gasteiger partial charge in [0.1, 0.15) is 5.82 Å². The monoisotopic (exact) mass is 493 g/mol. The number of anilines is 2. The smallest absolute Gasteiger partial charge is 0.256 e. The Labute approximate surface area is 206 Å². The lowest BCUT2D eigenvalue weighted by molar-refractivity contribution is -0.0668. The molecule has 2 aromatic carbocycles. The fraction of sp³-hybridized carbons (Fsp3) is 0.519. The second-order valence-corrected chi connectivity index (χ2v) is 9.30. The number of aryl methyl sites for hydroxylation is 1. The van der Waals surface area contributed by atoms with Gasteiger partial charge < -0.3 is 21.1 Å². The van der Waals surface area contributed by atoms with Crippen molar-refractivity contribution in [2.45, 2.75) is 77.9 Å². The van der Waals surface area contributed by atoms with Gasteiger partial charge >= 0.3 is 0 Å². The number of aliphatic hydroxyl groups is 1. The van der Waals surface area contributed by atoms with Gasteiger partial charge in [-0.15, -0.1) is 0 Å². The first-order valence-electron chi connectivity index (χ1n) is 12.4. The Balaban J connectivity index is 0.000000363. The summed E-state index contributed by atoms with van der Waals surface area (Å²) in [7, 11) is 0. The van der Waals surface area contributed by atoms with E-state index in [0.717, 1.165) is 12.1 Å². The van der Waals surface area contributed by atoms with Gasteiger partial charge in [-0.25, -0.2) is 13.2 Å². The van der Waals surface area contributed by atoms with Crippen molar-refractivity contribution in [1.29, 1.82) is 0 Å². The van der Waals surface area contributed by atoms with Gasteiger partial charge in [-0.1, -0.05) is 45.6 Å². The van der Waals surface area contributed by atoms with Gasteiger partial charge in [-0.05, 0) is 56.5 Å². The quantitative estimate of drug-likeness (QED) is 0.455. The summed E-state index contributed by atoms with van der Waals surface area (Å²) in [5.74, 6) is -3.63. The fourth-order valence-corrected chi connectivity index (χ4v) is 4.11. The molecule has 1 heterocycles. The van der Waals surface area contributed by atoms with E-state index in [1.165, 1.54) is 55.6 Å². The van der Waals surface area contributed by atoms with Crippen molar-refractivity contribution in [3.05, 3.63) is 58.9 Å². The summed E-state index contributed by atoms with van der Waals surface area (Å²) in [4.78, 5) is 13.8. The molecule has 5 nitrogen and oxygen atoms in total. The molecule has 4 N–H and O–H groups in total. The summed E-state index contributed by atoms with van der Waals surface area (Å²) in [5, 5.41) is 12.2. The molecule has 8 heteroatoms. The van der Waals surface area contributed by atoms with E-state index in [4.69, 9.17) is 5.73 Å². The van der Waals surface area contributed by atoms with Crippen molar-refractivity contribution in [3.8, 4) is 0 Å². The molecular weight excluding hydrogens is 455 g/mol. The van der Waals surface area contributed by atoms with Crippen LogP contribution in [0.2, 0.25) is 0 Å². The molecule has 0 spiro atoms. The molecule has 0 unspecified atom stereocenters. The van der Waals surface area contributed by atoms with Crippen molar-refractivity contribution in [2.75, 3.05) is 18.4 Å². The second-order valence-electron chi connectivity index (χ2n) is 9.30. The Kier molecular flexibility index (Phi) is 10.6. The molecule has 0 radical (unpaired) electrons. The van der Waals surface area contributed by atoms with Crippen LogP contribution in [0.5, 0.6) is 0 Å². The third kappa shape index (κ3) is 7.97. The summed E-state index contributed by atoms with van der Waals surface area (Å²) in [6.07, 6.45) is 8.07. The predicted molar refractivity (Wildman–Crippen MR) is 134 cm³/mol. The summed E-state index contributed by atoms with van der Waals surface area (Å²) < 4.78 is 41.9. The second kappa shape index (κ2) is 12.9. The van der Waals surface area contributed by atoms with Gasteiger partial charge in [0.25, 0.3) is 5.91 Å². The van der Waals surface area contributed by atoms with Crippen LogP contribution < -0.4 is 11.1 Å². The number of β-amino-alcohol motifs (C(OH)–C–C–N with tert-alkyl or cyclic N) is 1. The zero-order chi connectivity index (χ0) is 26.2. The number of halogens is 3. The van der Waals surface area contributed by atoms with Crippen molar-refractivity contribution in [1.82, 2.24) is 4.90 Å². The van der Waals surface area contributed by atoms with Crippen LogP contribution in [-0.2, 0) is 0 Å². The van der Waals surface area contributed by atoms with Gasteiger partial charge in [-0.2, -0.15) is 0 Å². The van der Waals surface area contributed by atoms with Crippen LogP contribution in [0.25, 0.3) is 0 Å². The summed E-state index contributed by atoms with van der Waals surface area (Å²) in [5.41, 5.74) is 4.78. The molecule has 1 saturated carbocycles. The molecule has 1 saturated heterocycles. The number of nitrogens with one attached hydrogen (secondary N) is 1. The minimum Gasteiger partial charge on any atom is -0.386 e. The van der Waals surface area contributed by atoms with E-state index in [1.807, 2.05) is 13.8 Å². The van der Waals surface area contributed by atoms with Gasteiger partial charge in [0.05, 0.1) is 35.6 Å². The maximum atomic E-state index is 14.3. The molecule has 0 aromatic heterocycles. The third-order valence-corrected chi connectivity index (χ3v) is 5.96. The number of nitrogens with two attached hydrogens (primary N) is 1. The highest BCUT2D eigenvalue weighted by Crippen LogP contribution is 2.31. The average molecular weight is 494 g/mol. The minimum atomic E-state index is -1.27. The van der Waals surface area contributed by atoms with Crippen molar-refractivity contribution in [2.24, 2.45) is 5.73 Å².